The second-order valence-electron chi connectivity index (χ2n) is 6.48. The Hall–Kier alpha value is -3.42. The molecule has 154 valence electrons. The molecule has 1 aliphatic heterocycles. The van der Waals surface area contributed by atoms with Gasteiger partial charge in [-0.2, -0.15) is 0 Å². The Labute approximate surface area is 169 Å². The number of aromatic hydroxyl groups is 1. The Morgan fingerprint density at radius 1 is 0.828 bits per heavy atom. The largest absolute Gasteiger partial charge is 0.504 e. The fraction of sp³-hybridized carbons (Fsp3) is 0.333. The molecule has 1 aliphatic rings. The number of phenolic OH excluding ortho intramolecular Hbond substituents is 1. The first kappa shape index (κ1) is 20.3. The number of rotatable bonds is 7. The lowest BCUT2D eigenvalue weighted by molar-refractivity contribution is -0.141. The van der Waals surface area contributed by atoms with Crippen LogP contribution < -0.4 is 14.2 Å². The van der Waals surface area contributed by atoms with Gasteiger partial charge in [-0.05, 0) is 36.4 Å². The minimum Gasteiger partial charge on any atom is -0.504 e. The fourth-order valence-corrected chi connectivity index (χ4v) is 2.92. The summed E-state index contributed by atoms with van der Waals surface area (Å²) in [6.07, 6.45) is 0. The predicted molar refractivity (Wildman–Crippen MR) is 105 cm³/mol. The molecule has 0 saturated carbocycles. The second-order valence-corrected chi connectivity index (χ2v) is 6.48. The van der Waals surface area contributed by atoms with E-state index in [1.54, 1.807) is 59.4 Å². The molecule has 2 aromatic carbocycles. The van der Waals surface area contributed by atoms with Gasteiger partial charge in [0.15, 0.2) is 24.7 Å². The molecule has 1 saturated heterocycles. The van der Waals surface area contributed by atoms with Crippen LogP contribution in [0.25, 0.3) is 0 Å². The summed E-state index contributed by atoms with van der Waals surface area (Å²) >= 11 is 0. The average molecular weight is 400 g/mol. The highest BCUT2D eigenvalue weighted by Crippen LogP contribution is 2.24. The van der Waals surface area contributed by atoms with Crippen molar-refractivity contribution in [1.29, 1.82) is 0 Å². The molecule has 0 bridgehead atoms. The van der Waals surface area contributed by atoms with Crippen molar-refractivity contribution in [3.8, 4) is 23.0 Å². The van der Waals surface area contributed by atoms with Crippen LogP contribution in [0.1, 0.15) is 0 Å². The summed E-state index contributed by atoms with van der Waals surface area (Å²) in [4.78, 5) is 28.0. The number of carbonyl (C=O) groups is 2. The van der Waals surface area contributed by atoms with Gasteiger partial charge in [0.2, 0.25) is 0 Å². The molecular weight excluding hydrogens is 376 g/mol. The molecule has 0 aromatic heterocycles. The first-order valence-corrected chi connectivity index (χ1v) is 9.30. The molecule has 0 aliphatic carbocycles. The van der Waals surface area contributed by atoms with Gasteiger partial charge in [0.05, 0.1) is 7.11 Å². The van der Waals surface area contributed by atoms with E-state index in [1.165, 1.54) is 6.07 Å². The first-order valence-electron chi connectivity index (χ1n) is 9.30. The molecule has 2 amide bonds. The van der Waals surface area contributed by atoms with Gasteiger partial charge in [-0.3, -0.25) is 9.59 Å². The summed E-state index contributed by atoms with van der Waals surface area (Å²) in [6.45, 7) is 1.51. The van der Waals surface area contributed by atoms with Crippen LogP contribution in [0.15, 0.2) is 48.5 Å². The molecule has 2 aromatic rings. The van der Waals surface area contributed by atoms with Crippen molar-refractivity contribution in [3.63, 3.8) is 0 Å². The van der Waals surface area contributed by atoms with Crippen molar-refractivity contribution >= 4 is 11.8 Å². The smallest absolute Gasteiger partial charge is 0.260 e. The lowest BCUT2D eigenvalue weighted by atomic mass is 10.3. The standard InChI is InChI=1S/C21H24N2O6/c1-27-16-6-8-17(9-7-16)28-14-20(25)22-10-12-23(13-11-22)21(26)15-29-19-5-3-2-4-18(19)24/h2-9,24H,10-15H2,1H3. The van der Waals surface area contributed by atoms with E-state index in [2.05, 4.69) is 0 Å². The molecule has 3 rings (SSSR count). The first-order chi connectivity index (χ1) is 14.1. The Morgan fingerprint density at radius 2 is 1.34 bits per heavy atom. The Kier molecular flexibility index (Phi) is 6.78. The second kappa shape index (κ2) is 9.68. The quantitative estimate of drug-likeness (QED) is 0.758. The van der Waals surface area contributed by atoms with Gasteiger partial charge in [0.25, 0.3) is 11.8 Å². The highest BCUT2D eigenvalue weighted by atomic mass is 16.5. The van der Waals surface area contributed by atoms with Crippen molar-refractivity contribution in [2.45, 2.75) is 0 Å². The van der Waals surface area contributed by atoms with Crippen LogP contribution in [-0.2, 0) is 9.59 Å². The third-order valence-electron chi connectivity index (χ3n) is 4.62. The fourth-order valence-electron chi connectivity index (χ4n) is 2.92. The van der Waals surface area contributed by atoms with Crippen molar-refractivity contribution < 1.29 is 28.9 Å². The van der Waals surface area contributed by atoms with Crippen LogP contribution in [-0.4, -0.2) is 73.2 Å². The van der Waals surface area contributed by atoms with Gasteiger partial charge in [-0.1, -0.05) is 12.1 Å². The summed E-state index contributed by atoms with van der Waals surface area (Å²) in [6, 6.07) is 13.5. The third-order valence-corrected chi connectivity index (χ3v) is 4.62. The molecule has 1 N–H and O–H groups in total. The number of para-hydroxylation sites is 2. The Balaban J connectivity index is 1.40. The minimum atomic E-state index is -0.185. The van der Waals surface area contributed by atoms with E-state index in [0.29, 0.717) is 31.9 Å². The molecule has 1 heterocycles. The van der Waals surface area contributed by atoms with E-state index >= 15 is 0 Å². The molecule has 1 fully saturated rings. The number of benzene rings is 2. The number of hydrogen-bond acceptors (Lipinski definition) is 6. The maximum absolute atomic E-state index is 12.3. The van der Waals surface area contributed by atoms with Crippen molar-refractivity contribution in [3.05, 3.63) is 48.5 Å². The molecule has 0 atom stereocenters. The number of phenols is 1. The summed E-state index contributed by atoms with van der Waals surface area (Å²) < 4.78 is 16.0. The van der Waals surface area contributed by atoms with Crippen molar-refractivity contribution in [1.82, 2.24) is 9.80 Å². The number of nitrogens with zero attached hydrogens (tertiary/aromatic N) is 2. The highest BCUT2D eigenvalue weighted by molar-refractivity contribution is 5.80. The number of methoxy groups -OCH3 is 1. The zero-order chi connectivity index (χ0) is 20.6. The molecule has 0 radical (unpaired) electrons. The molecule has 0 spiro atoms. The van der Waals surface area contributed by atoms with Gasteiger partial charge in [0.1, 0.15) is 11.5 Å². The van der Waals surface area contributed by atoms with Gasteiger partial charge in [0, 0.05) is 26.2 Å². The van der Waals surface area contributed by atoms with E-state index in [9.17, 15) is 14.7 Å². The zero-order valence-electron chi connectivity index (χ0n) is 16.2. The van der Waals surface area contributed by atoms with Gasteiger partial charge < -0.3 is 29.1 Å². The number of carbonyl (C=O) groups excluding carboxylic acids is 2. The zero-order valence-corrected chi connectivity index (χ0v) is 16.2. The molecule has 29 heavy (non-hydrogen) atoms. The lowest BCUT2D eigenvalue weighted by Gasteiger charge is -2.34. The summed E-state index contributed by atoms with van der Waals surface area (Å²) in [5.41, 5.74) is 0. The lowest BCUT2D eigenvalue weighted by Crippen LogP contribution is -2.52. The van der Waals surface area contributed by atoms with Crippen LogP contribution in [0.5, 0.6) is 23.0 Å². The topological polar surface area (TPSA) is 88.5 Å². The molecule has 8 heteroatoms. The normalized spacial score (nSPS) is 13.7. The maximum Gasteiger partial charge on any atom is 0.260 e. The Morgan fingerprint density at radius 3 is 1.90 bits per heavy atom. The monoisotopic (exact) mass is 400 g/mol. The van der Waals surface area contributed by atoms with E-state index in [4.69, 9.17) is 14.2 Å². The van der Waals surface area contributed by atoms with Crippen LogP contribution in [0.2, 0.25) is 0 Å². The van der Waals surface area contributed by atoms with Gasteiger partial charge >= 0.3 is 0 Å². The number of hydrogen-bond donors (Lipinski definition) is 1. The summed E-state index contributed by atoms with van der Waals surface area (Å²) in [5.74, 6) is 1.26. The summed E-state index contributed by atoms with van der Waals surface area (Å²) in [5, 5.41) is 9.68. The number of ether oxygens (including phenoxy) is 3. The SMILES string of the molecule is COc1ccc(OCC(=O)N2CCN(C(=O)COc3ccccc3O)CC2)cc1. The van der Waals surface area contributed by atoms with Crippen molar-refractivity contribution in [2.75, 3.05) is 46.5 Å². The van der Waals surface area contributed by atoms with E-state index in [1.807, 2.05) is 0 Å². The van der Waals surface area contributed by atoms with Gasteiger partial charge in [-0.25, -0.2) is 0 Å². The average Bonchev–Trinajstić information content (AvgIpc) is 2.77. The minimum absolute atomic E-state index is 0.00687. The van der Waals surface area contributed by atoms with E-state index in [-0.39, 0.29) is 36.5 Å². The highest BCUT2D eigenvalue weighted by Gasteiger charge is 2.24. The predicted octanol–water partition coefficient (Wildman–Crippen LogP) is 1.53. The molecule has 8 nitrogen and oxygen atoms in total. The number of amides is 2. The number of piperazine rings is 1. The van der Waals surface area contributed by atoms with E-state index in [0.717, 1.165) is 5.75 Å². The van der Waals surface area contributed by atoms with Crippen molar-refractivity contribution in [2.24, 2.45) is 0 Å². The van der Waals surface area contributed by atoms with Crippen LogP contribution in [0.4, 0.5) is 0 Å². The molecular formula is C21H24N2O6. The summed E-state index contributed by atoms with van der Waals surface area (Å²) in [7, 11) is 1.58. The Bertz CT molecular complexity index is 831. The van der Waals surface area contributed by atoms with Crippen LogP contribution in [0, 0.1) is 0 Å². The van der Waals surface area contributed by atoms with Crippen LogP contribution >= 0.6 is 0 Å². The van der Waals surface area contributed by atoms with Crippen LogP contribution in [0.3, 0.4) is 0 Å². The van der Waals surface area contributed by atoms with E-state index < -0.39 is 0 Å². The maximum atomic E-state index is 12.3. The van der Waals surface area contributed by atoms with Gasteiger partial charge in [-0.15, -0.1) is 0 Å². The third kappa shape index (κ3) is 5.54. The molecule has 0 unspecified atom stereocenters.